The number of amides is 2. The van der Waals surface area contributed by atoms with E-state index in [4.69, 9.17) is 0 Å². The SMILES string of the molecule is Cc1c(NC(=O)CSCC(=O)Nc2ccc(F)cc2)cccc1-n1cnnn1. The number of aromatic nitrogens is 4. The van der Waals surface area contributed by atoms with Crippen LogP contribution in [0.2, 0.25) is 0 Å². The van der Waals surface area contributed by atoms with Gasteiger partial charge in [-0.25, -0.2) is 9.07 Å². The minimum Gasteiger partial charge on any atom is -0.325 e. The fraction of sp³-hybridized carbons (Fsp3) is 0.167. The third kappa shape index (κ3) is 5.13. The first-order valence-electron chi connectivity index (χ1n) is 8.29. The zero-order valence-electron chi connectivity index (χ0n) is 14.9. The second-order valence-corrected chi connectivity index (χ2v) is 6.79. The van der Waals surface area contributed by atoms with E-state index in [1.165, 1.54) is 47.0 Å². The Morgan fingerprint density at radius 1 is 1.07 bits per heavy atom. The molecule has 144 valence electrons. The fourth-order valence-corrected chi connectivity index (χ4v) is 3.05. The van der Waals surface area contributed by atoms with E-state index in [1.807, 2.05) is 13.0 Å². The summed E-state index contributed by atoms with van der Waals surface area (Å²) in [6.07, 6.45) is 1.48. The lowest BCUT2D eigenvalue weighted by Gasteiger charge is -2.11. The standard InChI is InChI=1S/C18H17FN6O2S/c1-12-15(3-2-4-16(12)25-11-20-23-24-25)22-18(27)10-28-9-17(26)21-14-7-5-13(19)6-8-14/h2-8,11H,9-10H2,1H3,(H,21,26)(H,22,27). The minimum atomic E-state index is -0.372. The Hall–Kier alpha value is -3.27. The van der Waals surface area contributed by atoms with E-state index in [9.17, 15) is 14.0 Å². The molecule has 0 unspecified atom stereocenters. The van der Waals surface area contributed by atoms with Crippen LogP contribution in [0.3, 0.4) is 0 Å². The van der Waals surface area contributed by atoms with Crippen LogP contribution in [-0.2, 0) is 9.59 Å². The summed E-state index contributed by atoms with van der Waals surface area (Å²) in [6, 6.07) is 10.9. The molecule has 0 aliphatic carbocycles. The van der Waals surface area contributed by atoms with E-state index in [0.29, 0.717) is 11.4 Å². The zero-order chi connectivity index (χ0) is 19.9. The molecule has 2 aromatic carbocycles. The monoisotopic (exact) mass is 400 g/mol. The molecular weight excluding hydrogens is 383 g/mol. The molecule has 10 heteroatoms. The first-order valence-corrected chi connectivity index (χ1v) is 9.44. The highest BCUT2D eigenvalue weighted by atomic mass is 32.2. The molecule has 0 aliphatic heterocycles. The van der Waals surface area contributed by atoms with E-state index in [2.05, 4.69) is 26.2 Å². The van der Waals surface area contributed by atoms with Gasteiger partial charge in [-0.15, -0.1) is 16.9 Å². The molecule has 1 aromatic heterocycles. The molecule has 0 aliphatic rings. The van der Waals surface area contributed by atoms with Crippen molar-refractivity contribution in [1.82, 2.24) is 20.2 Å². The topological polar surface area (TPSA) is 102 Å². The molecule has 0 atom stereocenters. The molecule has 0 radical (unpaired) electrons. The van der Waals surface area contributed by atoms with Gasteiger partial charge in [0, 0.05) is 11.4 Å². The van der Waals surface area contributed by atoms with Gasteiger partial charge in [0.15, 0.2) is 0 Å². The number of nitrogens with one attached hydrogen (secondary N) is 2. The van der Waals surface area contributed by atoms with Crippen LogP contribution in [0.25, 0.3) is 5.69 Å². The van der Waals surface area contributed by atoms with Crippen molar-refractivity contribution in [3.63, 3.8) is 0 Å². The van der Waals surface area contributed by atoms with Crippen LogP contribution in [0.1, 0.15) is 5.56 Å². The summed E-state index contributed by atoms with van der Waals surface area (Å²) in [5.41, 5.74) is 2.73. The Morgan fingerprint density at radius 2 is 1.79 bits per heavy atom. The van der Waals surface area contributed by atoms with Crippen molar-refractivity contribution in [1.29, 1.82) is 0 Å². The highest BCUT2D eigenvalue weighted by molar-refractivity contribution is 8.00. The summed E-state index contributed by atoms with van der Waals surface area (Å²) >= 11 is 1.18. The number of thioether (sulfide) groups is 1. The Kier molecular flexibility index (Phi) is 6.33. The molecular formula is C18H17FN6O2S. The maximum absolute atomic E-state index is 12.9. The maximum Gasteiger partial charge on any atom is 0.234 e. The summed E-state index contributed by atoms with van der Waals surface area (Å²) < 4.78 is 14.4. The highest BCUT2D eigenvalue weighted by Gasteiger charge is 2.11. The van der Waals surface area contributed by atoms with E-state index in [0.717, 1.165) is 11.3 Å². The number of nitrogens with zero attached hydrogens (tertiary/aromatic N) is 4. The molecule has 3 aromatic rings. The smallest absolute Gasteiger partial charge is 0.234 e. The van der Waals surface area contributed by atoms with Crippen molar-refractivity contribution < 1.29 is 14.0 Å². The predicted molar refractivity (Wildman–Crippen MR) is 105 cm³/mol. The van der Waals surface area contributed by atoms with Gasteiger partial charge in [-0.2, -0.15) is 0 Å². The van der Waals surface area contributed by atoms with Crippen molar-refractivity contribution in [2.45, 2.75) is 6.92 Å². The summed E-state index contributed by atoms with van der Waals surface area (Å²) in [5, 5.41) is 16.5. The van der Waals surface area contributed by atoms with Crippen LogP contribution in [0.4, 0.5) is 15.8 Å². The summed E-state index contributed by atoms with van der Waals surface area (Å²) in [4.78, 5) is 24.1. The number of benzene rings is 2. The molecule has 1 heterocycles. The molecule has 2 amide bonds. The predicted octanol–water partition coefficient (Wildman–Crippen LogP) is 2.42. The second-order valence-electron chi connectivity index (χ2n) is 5.80. The lowest BCUT2D eigenvalue weighted by Crippen LogP contribution is -2.19. The first kappa shape index (κ1) is 19.5. The van der Waals surface area contributed by atoms with Crippen LogP contribution in [0, 0.1) is 12.7 Å². The highest BCUT2D eigenvalue weighted by Crippen LogP contribution is 2.21. The zero-order valence-corrected chi connectivity index (χ0v) is 15.7. The molecule has 0 saturated heterocycles. The van der Waals surface area contributed by atoms with E-state index < -0.39 is 0 Å². The largest absolute Gasteiger partial charge is 0.325 e. The second kappa shape index (κ2) is 9.09. The number of tetrazole rings is 1. The summed E-state index contributed by atoms with van der Waals surface area (Å²) in [7, 11) is 0. The Bertz CT molecular complexity index is 963. The first-order chi connectivity index (χ1) is 13.5. The summed E-state index contributed by atoms with van der Waals surface area (Å²) in [5.74, 6) is -0.638. The van der Waals surface area contributed by atoms with Gasteiger partial charge in [0.25, 0.3) is 0 Å². The van der Waals surface area contributed by atoms with Gasteiger partial charge in [-0.05, 0) is 59.3 Å². The number of carbonyl (C=O) groups is 2. The number of halogens is 1. The van der Waals surface area contributed by atoms with Crippen molar-refractivity contribution >= 4 is 35.0 Å². The summed E-state index contributed by atoms with van der Waals surface area (Å²) in [6.45, 7) is 1.86. The lowest BCUT2D eigenvalue weighted by molar-refractivity contribution is -0.114. The van der Waals surface area contributed by atoms with E-state index in [-0.39, 0.29) is 29.1 Å². The van der Waals surface area contributed by atoms with Crippen LogP contribution >= 0.6 is 11.8 Å². The van der Waals surface area contributed by atoms with Crippen LogP contribution in [0.5, 0.6) is 0 Å². The molecule has 28 heavy (non-hydrogen) atoms. The van der Waals surface area contributed by atoms with Gasteiger partial charge in [-0.3, -0.25) is 9.59 Å². The van der Waals surface area contributed by atoms with E-state index in [1.54, 1.807) is 12.1 Å². The number of anilines is 2. The van der Waals surface area contributed by atoms with Crippen molar-refractivity contribution in [3.05, 3.63) is 60.2 Å². The van der Waals surface area contributed by atoms with Gasteiger partial charge in [0.05, 0.1) is 17.2 Å². The number of rotatable bonds is 7. The Morgan fingerprint density at radius 3 is 2.46 bits per heavy atom. The van der Waals surface area contributed by atoms with Crippen LogP contribution in [0.15, 0.2) is 48.8 Å². The van der Waals surface area contributed by atoms with Gasteiger partial charge in [-0.1, -0.05) is 6.07 Å². The van der Waals surface area contributed by atoms with E-state index >= 15 is 0 Å². The third-order valence-corrected chi connectivity index (χ3v) is 4.70. The molecule has 0 saturated carbocycles. The molecule has 0 spiro atoms. The molecule has 0 bridgehead atoms. The normalized spacial score (nSPS) is 10.5. The average Bonchev–Trinajstić information content (AvgIpc) is 3.20. The van der Waals surface area contributed by atoms with Gasteiger partial charge in [0.1, 0.15) is 12.1 Å². The molecule has 8 nitrogen and oxygen atoms in total. The quantitative estimate of drug-likeness (QED) is 0.632. The minimum absolute atomic E-state index is 0.106. The number of hydrogen-bond donors (Lipinski definition) is 2. The number of carbonyl (C=O) groups excluding carboxylic acids is 2. The molecule has 2 N–H and O–H groups in total. The Labute approximate surface area is 164 Å². The fourth-order valence-electron chi connectivity index (χ4n) is 2.43. The van der Waals surface area contributed by atoms with Gasteiger partial charge >= 0.3 is 0 Å². The van der Waals surface area contributed by atoms with Gasteiger partial charge in [0.2, 0.25) is 11.8 Å². The van der Waals surface area contributed by atoms with Crippen LogP contribution in [-0.4, -0.2) is 43.5 Å². The number of hydrogen-bond acceptors (Lipinski definition) is 6. The maximum atomic E-state index is 12.9. The van der Waals surface area contributed by atoms with Crippen LogP contribution < -0.4 is 10.6 Å². The molecule has 3 rings (SSSR count). The Balaban J connectivity index is 1.49. The van der Waals surface area contributed by atoms with Crippen molar-refractivity contribution in [2.75, 3.05) is 22.1 Å². The lowest BCUT2D eigenvalue weighted by atomic mass is 10.1. The molecule has 0 fully saturated rings. The van der Waals surface area contributed by atoms with Gasteiger partial charge < -0.3 is 10.6 Å². The van der Waals surface area contributed by atoms with Crippen molar-refractivity contribution in [3.8, 4) is 5.69 Å². The average molecular weight is 400 g/mol. The van der Waals surface area contributed by atoms with Crippen molar-refractivity contribution in [2.24, 2.45) is 0 Å². The third-order valence-electron chi connectivity index (χ3n) is 3.77.